The van der Waals surface area contributed by atoms with Crippen LogP contribution in [0, 0.1) is 12.7 Å². The molecule has 0 aliphatic heterocycles. The molecule has 0 saturated heterocycles. The Kier molecular flexibility index (Phi) is 2.23. The molecule has 0 spiro atoms. The van der Waals surface area contributed by atoms with Crippen LogP contribution in [-0.2, 0) is 0 Å². The zero-order chi connectivity index (χ0) is 9.97. The largest absolute Gasteiger partial charge is 0.242 e. The van der Waals surface area contributed by atoms with E-state index in [2.05, 4.69) is 9.97 Å². The predicted molar refractivity (Wildman–Crippen MR) is 52.2 cm³/mol. The van der Waals surface area contributed by atoms with Crippen molar-refractivity contribution in [3.05, 3.63) is 48.2 Å². The van der Waals surface area contributed by atoms with E-state index in [1.165, 1.54) is 12.4 Å². The summed E-state index contributed by atoms with van der Waals surface area (Å²) < 4.78 is 13.3. The third-order valence-corrected chi connectivity index (χ3v) is 1.95. The monoisotopic (exact) mass is 188 g/mol. The van der Waals surface area contributed by atoms with Crippen molar-refractivity contribution in [2.75, 3.05) is 0 Å². The Labute approximate surface area is 81.5 Å². The Morgan fingerprint density at radius 1 is 1.14 bits per heavy atom. The molecule has 70 valence electrons. The van der Waals surface area contributed by atoms with E-state index >= 15 is 0 Å². The number of rotatable bonds is 1. The molecule has 0 unspecified atom stereocenters. The van der Waals surface area contributed by atoms with Gasteiger partial charge < -0.3 is 0 Å². The third kappa shape index (κ3) is 1.62. The molecule has 0 saturated carbocycles. The normalized spacial score (nSPS) is 10.1. The van der Waals surface area contributed by atoms with E-state index < -0.39 is 0 Å². The molecule has 0 bridgehead atoms. The van der Waals surface area contributed by atoms with Gasteiger partial charge in [-0.2, -0.15) is 0 Å². The first-order valence-corrected chi connectivity index (χ1v) is 4.31. The van der Waals surface area contributed by atoms with Crippen molar-refractivity contribution in [1.82, 2.24) is 9.97 Å². The zero-order valence-corrected chi connectivity index (χ0v) is 7.74. The standard InChI is InChI=1S/C11H9FN2/c1-8-6-11(14-7-13-8)9-4-2-3-5-10(9)12/h2-7H,1H3. The Morgan fingerprint density at radius 3 is 2.64 bits per heavy atom. The van der Waals surface area contributed by atoms with Crippen LogP contribution in [0.15, 0.2) is 36.7 Å². The summed E-state index contributed by atoms with van der Waals surface area (Å²) in [5, 5.41) is 0. The van der Waals surface area contributed by atoms with E-state index in [4.69, 9.17) is 0 Å². The molecular formula is C11H9FN2. The lowest BCUT2D eigenvalue weighted by Gasteiger charge is -2.01. The minimum absolute atomic E-state index is 0.259. The van der Waals surface area contributed by atoms with Gasteiger partial charge in [-0.15, -0.1) is 0 Å². The smallest absolute Gasteiger partial charge is 0.132 e. The molecule has 2 nitrogen and oxygen atoms in total. The van der Waals surface area contributed by atoms with Crippen LogP contribution in [0.3, 0.4) is 0 Å². The number of aromatic nitrogens is 2. The molecule has 0 N–H and O–H groups in total. The van der Waals surface area contributed by atoms with Gasteiger partial charge in [0.2, 0.25) is 0 Å². The summed E-state index contributed by atoms with van der Waals surface area (Å²) in [7, 11) is 0. The van der Waals surface area contributed by atoms with Crippen LogP contribution in [0.1, 0.15) is 5.69 Å². The van der Waals surface area contributed by atoms with Crippen LogP contribution in [0.2, 0.25) is 0 Å². The molecule has 0 atom stereocenters. The van der Waals surface area contributed by atoms with Crippen LogP contribution < -0.4 is 0 Å². The van der Waals surface area contributed by atoms with Crippen LogP contribution >= 0.6 is 0 Å². The minimum Gasteiger partial charge on any atom is -0.242 e. The number of aryl methyl sites for hydroxylation is 1. The van der Waals surface area contributed by atoms with E-state index in [1.807, 2.05) is 6.92 Å². The van der Waals surface area contributed by atoms with E-state index in [1.54, 1.807) is 24.3 Å². The van der Waals surface area contributed by atoms with Crippen molar-refractivity contribution < 1.29 is 4.39 Å². The lowest BCUT2D eigenvalue weighted by Crippen LogP contribution is -1.90. The number of hydrogen-bond acceptors (Lipinski definition) is 2. The van der Waals surface area contributed by atoms with Crippen LogP contribution in [0.4, 0.5) is 4.39 Å². The van der Waals surface area contributed by atoms with E-state index in [9.17, 15) is 4.39 Å². The molecule has 0 amide bonds. The topological polar surface area (TPSA) is 25.8 Å². The minimum atomic E-state index is -0.259. The van der Waals surface area contributed by atoms with Gasteiger partial charge in [-0.1, -0.05) is 12.1 Å². The van der Waals surface area contributed by atoms with Crippen molar-refractivity contribution in [2.24, 2.45) is 0 Å². The second-order valence-corrected chi connectivity index (χ2v) is 3.02. The summed E-state index contributed by atoms with van der Waals surface area (Å²) in [6.45, 7) is 1.85. The summed E-state index contributed by atoms with van der Waals surface area (Å²) in [6.07, 6.45) is 1.44. The van der Waals surface area contributed by atoms with Gasteiger partial charge in [0.25, 0.3) is 0 Å². The molecule has 3 heteroatoms. The van der Waals surface area contributed by atoms with Crippen molar-refractivity contribution in [2.45, 2.75) is 6.92 Å². The second-order valence-electron chi connectivity index (χ2n) is 3.02. The van der Waals surface area contributed by atoms with Gasteiger partial charge in [-0.05, 0) is 25.1 Å². The van der Waals surface area contributed by atoms with Crippen molar-refractivity contribution in [3.63, 3.8) is 0 Å². The van der Waals surface area contributed by atoms with Crippen LogP contribution in [-0.4, -0.2) is 9.97 Å². The molecule has 0 radical (unpaired) electrons. The predicted octanol–water partition coefficient (Wildman–Crippen LogP) is 2.59. The highest BCUT2D eigenvalue weighted by Gasteiger charge is 2.04. The summed E-state index contributed by atoms with van der Waals surface area (Å²) in [5.74, 6) is -0.259. The first kappa shape index (κ1) is 8.81. The number of halogens is 1. The lowest BCUT2D eigenvalue weighted by molar-refractivity contribution is 0.630. The molecule has 1 aromatic heterocycles. The molecule has 0 aliphatic rings. The maximum atomic E-state index is 13.3. The summed E-state index contributed by atoms with van der Waals surface area (Å²) in [5.41, 5.74) is 1.96. The van der Waals surface area contributed by atoms with Gasteiger partial charge in [0.15, 0.2) is 0 Å². The average molecular weight is 188 g/mol. The highest BCUT2D eigenvalue weighted by molar-refractivity contribution is 5.59. The first-order chi connectivity index (χ1) is 6.77. The average Bonchev–Trinajstić information content (AvgIpc) is 2.18. The fourth-order valence-electron chi connectivity index (χ4n) is 1.27. The molecule has 0 fully saturated rings. The van der Waals surface area contributed by atoms with Crippen LogP contribution in [0.25, 0.3) is 11.3 Å². The molecule has 2 rings (SSSR count). The fourth-order valence-corrected chi connectivity index (χ4v) is 1.27. The highest BCUT2D eigenvalue weighted by atomic mass is 19.1. The number of hydrogen-bond donors (Lipinski definition) is 0. The van der Waals surface area contributed by atoms with Crippen molar-refractivity contribution in [3.8, 4) is 11.3 Å². The third-order valence-electron chi connectivity index (χ3n) is 1.95. The highest BCUT2D eigenvalue weighted by Crippen LogP contribution is 2.19. The second kappa shape index (κ2) is 3.54. The van der Waals surface area contributed by atoms with Gasteiger partial charge in [0.1, 0.15) is 12.1 Å². The van der Waals surface area contributed by atoms with E-state index in [0.717, 1.165) is 5.69 Å². The molecule has 2 aromatic rings. The quantitative estimate of drug-likeness (QED) is 0.687. The maximum Gasteiger partial charge on any atom is 0.132 e. The van der Waals surface area contributed by atoms with Crippen LogP contribution in [0.5, 0.6) is 0 Å². The van der Waals surface area contributed by atoms with E-state index in [0.29, 0.717) is 11.3 Å². The van der Waals surface area contributed by atoms with Gasteiger partial charge in [0.05, 0.1) is 5.69 Å². The zero-order valence-electron chi connectivity index (χ0n) is 7.74. The van der Waals surface area contributed by atoms with E-state index in [-0.39, 0.29) is 5.82 Å². The Morgan fingerprint density at radius 2 is 1.93 bits per heavy atom. The number of nitrogens with zero attached hydrogens (tertiary/aromatic N) is 2. The van der Waals surface area contributed by atoms with Gasteiger partial charge >= 0.3 is 0 Å². The SMILES string of the molecule is Cc1cc(-c2ccccc2F)ncn1. The Hall–Kier alpha value is -1.77. The summed E-state index contributed by atoms with van der Waals surface area (Å²) >= 11 is 0. The molecule has 1 aromatic carbocycles. The number of benzene rings is 1. The Balaban J connectivity index is 2.55. The fraction of sp³-hybridized carbons (Fsp3) is 0.0909. The summed E-state index contributed by atoms with van der Waals surface area (Å²) in [6, 6.07) is 8.34. The lowest BCUT2D eigenvalue weighted by atomic mass is 10.1. The first-order valence-electron chi connectivity index (χ1n) is 4.31. The Bertz CT molecular complexity index is 455. The summed E-state index contributed by atoms with van der Waals surface area (Å²) in [4.78, 5) is 7.98. The van der Waals surface area contributed by atoms with Crippen molar-refractivity contribution >= 4 is 0 Å². The molecule has 14 heavy (non-hydrogen) atoms. The van der Waals surface area contributed by atoms with Gasteiger partial charge in [-0.25, -0.2) is 14.4 Å². The molecule has 0 aliphatic carbocycles. The van der Waals surface area contributed by atoms with Crippen molar-refractivity contribution in [1.29, 1.82) is 0 Å². The molecular weight excluding hydrogens is 179 g/mol. The maximum absolute atomic E-state index is 13.3. The van der Waals surface area contributed by atoms with Gasteiger partial charge in [0, 0.05) is 11.3 Å². The molecule has 1 heterocycles. The van der Waals surface area contributed by atoms with Gasteiger partial charge in [-0.3, -0.25) is 0 Å².